The molecule has 10 nitrogen and oxygen atoms in total. The molecule has 38 heavy (non-hydrogen) atoms. The van der Waals surface area contributed by atoms with Crippen LogP contribution < -0.4 is 15.4 Å². The molecule has 0 aromatic heterocycles. The van der Waals surface area contributed by atoms with Gasteiger partial charge in [-0.2, -0.15) is 0 Å². The molecule has 1 aromatic rings. The number of carbonyl (C=O) groups excluding carboxylic acids is 4. The highest BCUT2D eigenvalue weighted by Crippen LogP contribution is 2.16. The maximum atomic E-state index is 13.0. The second-order valence-corrected chi connectivity index (χ2v) is 11.3. The summed E-state index contributed by atoms with van der Waals surface area (Å²) in [5, 5.41) is 5.27. The molecular weight excluding hydrogens is 492 g/mol. The summed E-state index contributed by atoms with van der Waals surface area (Å²) in [4.78, 5) is 49.4. The van der Waals surface area contributed by atoms with E-state index < -0.39 is 41.3 Å². The Balaban J connectivity index is 2.73. The lowest BCUT2D eigenvalue weighted by atomic mass is 10.0. The van der Waals surface area contributed by atoms with Crippen LogP contribution in [0.25, 0.3) is 0 Å². The number of rotatable bonds is 12. The Morgan fingerprint density at radius 2 is 1.45 bits per heavy atom. The highest BCUT2D eigenvalue weighted by atomic mass is 16.6. The zero-order chi connectivity index (χ0) is 29.1. The fourth-order valence-corrected chi connectivity index (χ4v) is 3.32. The molecule has 0 aliphatic heterocycles. The molecule has 2 amide bonds. The zero-order valence-corrected chi connectivity index (χ0v) is 24.1. The maximum absolute atomic E-state index is 13.0. The predicted molar refractivity (Wildman–Crippen MR) is 143 cm³/mol. The predicted octanol–water partition coefficient (Wildman–Crippen LogP) is 3.94. The molecule has 1 aromatic carbocycles. The lowest BCUT2D eigenvalue weighted by Crippen LogP contribution is -2.55. The first-order valence-corrected chi connectivity index (χ1v) is 12.8. The lowest BCUT2D eigenvalue weighted by Gasteiger charge is -2.26. The molecule has 0 radical (unpaired) electrons. The van der Waals surface area contributed by atoms with Crippen molar-refractivity contribution in [3.8, 4) is 5.75 Å². The van der Waals surface area contributed by atoms with Crippen LogP contribution in [0.1, 0.15) is 73.8 Å². The molecule has 0 spiro atoms. The Morgan fingerprint density at radius 1 is 0.868 bits per heavy atom. The SMILES string of the molecule is COC(=O)[C@H](Cc1ccc(OCCCC(=O)OC(C)(C)C)cc1)NC(=O)[C@@H](NC(=O)OC(C)(C)C)C(C)C. The normalized spacial score (nSPS) is 13.2. The largest absolute Gasteiger partial charge is 0.494 e. The van der Waals surface area contributed by atoms with E-state index >= 15 is 0 Å². The molecule has 10 heteroatoms. The zero-order valence-electron chi connectivity index (χ0n) is 24.1. The number of hydrogen-bond acceptors (Lipinski definition) is 8. The second-order valence-electron chi connectivity index (χ2n) is 11.3. The monoisotopic (exact) mass is 536 g/mol. The second kappa shape index (κ2) is 14.6. The minimum atomic E-state index is -0.963. The summed E-state index contributed by atoms with van der Waals surface area (Å²) < 4.78 is 21.1. The molecule has 2 N–H and O–H groups in total. The standard InChI is InChI=1S/C28H44N2O8/c1-18(2)23(30-26(34)38-28(6,7)8)24(32)29-21(25(33)35-9)17-19-12-14-20(15-13-19)36-16-10-11-22(31)37-27(3,4)5/h12-15,18,21,23H,10-11,16-17H2,1-9H3,(H,29,32)(H,30,34)/t21-,23-/m0/s1. The Kier molecular flexibility index (Phi) is 12.6. The van der Waals surface area contributed by atoms with Gasteiger partial charge in [0.05, 0.1) is 13.7 Å². The third-order valence-corrected chi connectivity index (χ3v) is 5.00. The molecular formula is C28H44N2O8. The number of ether oxygens (including phenoxy) is 4. The average Bonchev–Trinajstić information content (AvgIpc) is 2.77. The Morgan fingerprint density at radius 3 is 1.95 bits per heavy atom. The number of nitrogens with one attached hydrogen (secondary N) is 2. The van der Waals surface area contributed by atoms with E-state index in [-0.39, 0.29) is 24.7 Å². The highest BCUT2D eigenvalue weighted by molar-refractivity contribution is 5.90. The topological polar surface area (TPSA) is 129 Å². The first-order chi connectivity index (χ1) is 17.5. The number of methoxy groups -OCH3 is 1. The quantitative estimate of drug-likeness (QED) is 0.234. The summed E-state index contributed by atoms with van der Waals surface area (Å²) in [5.74, 6) is -1.05. The van der Waals surface area contributed by atoms with Crippen LogP contribution in [0.5, 0.6) is 5.75 Å². The van der Waals surface area contributed by atoms with E-state index in [0.717, 1.165) is 5.56 Å². The Hall–Kier alpha value is -3.30. The van der Waals surface area contributed by atoms with Crippen molar-refractivity contribution in [1.82, 2.24) is 10.6 Å². The minimum absolute atomic E-state index is 0.175. The number of benzene rings is 1. The van der Waals surface area contributed by atoms with Crippen molar-refractivity contribution < 1.29 is 38.1 Å². The minimum Gasteiger partial charge on any atom is -0.494 e. The van der Waals surface area contributed by atoms with Gasteiger partial charge in [-0.05, 0) is 71.6 Å². The van der Waals surface area contributed by atoms with Gasteiger partial charge in [-0.1, -0.05) is 26.0 Å². The van der Waals surface area contributed by atoms with Crippen molar-refractivity contribution in [2.24, 2.45) is 5.92 Å². The molecule has 0 saturated carbocycles. The van der Waals surface area contributed by atoms with Crippen LogP contribution in [-0.2, 0) is 35.0 Å². The van der Waals surface area contributed by atoms with Crippen LogP contribution in [0, 0.1) is 5.92 Å². The Labute approximate surface area is 226 Å². The van der Waals surface area contributed by atoms with E-state index in [1.165, 1.54) is 7.11 Å². The van der Waals surface area contributed by atoms with E-state index in [1.54, 1.807) is 58.9 Å². The van der Waals surface area contributed by atoms with Gasteiger partial charge in [-0.25, -0.2) is 9.59 Å². The van der Waals surface area contributed by atoms with Crippen molar-refractivity contribution in [3.05, 3.63) is 29.8 Å². The number of amides is 2. The molecule has 214 valence electrons. The summed E-state index contributed by atoms with van der Waals surface area (Å²) in [6.45, 7) is 14.6. The van der Waals surface area contributed by atoms with Gasteiger partial charge < -0.3 is 29.6 Å². The van der Waals surface area contributed by atoms with Gasteiger partial charge in [-0.15, -0.1) is 0 Å². The number of alkyl carbamates (subject to hydrolysis) is 1. The van der Waals surface area contributed by atoms with Gasteiger partial charge in [0.15, 0.2) is 0 Å². The summed E-state index contributed by atoms with van der Waals surface area (Å²) in [6, 6.07) is 5.19. The molecule has 0 aliphatic rings. The van der Waals surface area contributed by atoms with Crippen molar-refractivity contribution in [2.75, 3.05) is 13.7 Å². The smallest absolute Gasteiger partial charge is 0.408 e. The van der Waals surface area contributed by atoms with Crippen molar-refractivity contribution in [3.63, 3.8) is 0 Å². The van der Waals surface area contributed by atoms with Crippen LogP contribution in [0.2, 0.25) is 0 Å². The molecule has 0 unspecified atom stereocenters. The van der Waals surface area contributed by atoms with E-state index in [2.05, 4.69) is 10.6 Å². The number of hydrogen-bond donors (Lipinski definition) is 2. The summed E-state index contributed by atoms with van der Waals surface area (Å²) >= 11 is 0. The van der Waals surface area contributed by atoms with Gasteiger partial charge in [0.1, 0.15) is 29.0 Å². The van der Waals surface area contributed by atoms with Gasteiger partial charge in [0, 0.05) is 12.8 Å². The van der Waals surface area contributed by atoms with Gasteiger partial charge in [0.2, 0.25) is 5.91 Å². The van der Waals surface area contributed by atoms with Crippen LogP contribution >= 0.6 is 0 Å². The van der Waals surface area contributed by atoms with E-state index in [1.807, 2.05) is 20.8 Å². The van der Waals surface area contributed by atoms with Crippen LogP contribution in [0.3, 0.4) is 0 Å². The molecule has 0 heterocycles. The third kappa shape index (κ3) is 13.3. The average molecular weight is 537 g/mol. The Bertz CT molecular complexity index is 930. The van der Waals surface area contributed by atoms with Crippen LogP contribution in [0.15, 0.2) is 24.3 Å². The lowest BCUT2D eigenvalue weighted by molar-refractivity contribution is -0.155. The third-order valence-electron chi connectivity index (χ3n) is 5.00. The van der Waals surface area contributed by atoms with Gasteiger partial charge in [-0.3, -0.25) is 9.59 Å². The molecule has 1 rings (SSSR count). The van der Waals surface area contributed by atoms with E-state index in [4.69, 9.17) is 18.9 Å². The van der Waals surface area contributed by atoms with E-state index in [9.17, 15) is 19.2 Å². The number of esters is 2. The van der Waals surface area contributed by atoms with Crippen molar-refractivity contribution >= 4 is 23.9 Å². The highest BCUT2D eigenvalue weighted by Gasteiger charge is 2.30. The molecule has 0 aliphatic carbocycles. The molecule has 2 atom stereocenters. The van der Waals surface area contributed by atoms with E-state index in [0.29, 0.717) is 18.8 Å². The van der Waals surface area contributed by atoms with Gasteiger partial charge >= 0.3 is 18.0 Å². The molecule has 0 saturated heterocycles. The first kappa shape index (κ1) is 32.7. The summed E-state index contributed by atoms with van der Waals surface area (Å²) in [6.07, 6.45) is 0.231. The van der Waals surface area contributed by atoms with Crippen LogP contribution in [-0.4, -0.2) is 60.9 Å². The number of carbonyl (C=O) groups is 4. The summed E-state index contributed by atoms with van der Waals surface area (Å²) in [5.41, 5.74) is -0.465. The van der Waals surface area contributed by atoms with Gasteiger partial charge in [0.25, 0.3) is 0 Å². The fourth-order valence-electron chi connectivity index (χ4n) is 3.32. The van der Waals surface area contributed by atoms with Crippen LogP contribution in [0.4, 0.5) is 4.79 Å². The maximum Gasteiger partial charge on any atom is 0.408 e. The molecule has 0 fully saturated rings. The fraction of sp³-hybridized carbons (Fsp3) is 0.643. The summed E-state index contributed by atoms with van der Waals surface area (Å²) in [7, 11) is 1.24. The first-order valence-electron chi connectivity index (χ1n) is 12.8. The van der Waals surface area contributed by atoms with Crippen molar-refractivity contribution in [1.29, 1.82) is 0 Å². The van der Waals surface area contributed by atoms with Crippen molar-refractivity contribution in [2.45, 2.75) is 97.9 Å². The molecule has 0 bridgehead atoms.